The fourth-order valence-electron chi connectivity index (χ4n) is 2.47. The first-order valence-electron chi connectivity index (χ1n) is 7.48. The van der Waals surface area contributed by atoms with E-state index in [1.54, 1.807) is 31.4 Å². The predicted octanol–water partition coefficient (Wildman–Crippen LogP) is 1.14. The summed E-state index contributed by atoms with van der Waals surface area (Å²) in [4.78, 5) is 13.6. The van der Waals surface area contributed by atoms with Crippen LogP contribution in [0.1, 0.15) is 12.8 Å². The fourth-order valence-corrected chi connectivity index (χ4v) is 3.47. The highest BCUT2D eigenvalue weighted by Gasteiger charge is 2.29. The van der Waals surface area contributed by atoms with E-state index < -0.39 is 26.7 Å². The summed E-state index contributed by atoms with van der Waals surface area (Å²) in [5.74, 6) is -0.360. The van der Waals surface area contributed by atoms with Crippen LogP contribution in [0.25, 0.3) is 11.5 Å². The molecule has 0 bridgehead atoms. The van der Waals surface area contributed by atoms with Crippen molar-refractivity contribution in [3.05, 3.63) is 24.3 Å². The minimum Gasteiger partial charge on any atom is -0.497 e. The minimum atomic E-state index is -3.95. The third-order valence-electron chi connectivity index (χ3n) is 3.78. The van der Waals surface area contributed by atoms with Gasteiger partial charge in [-0.25, -0.2) is 8.42 Å². The maximum absolute atomic E-state index is 12.3. The van der Waals surface area contributed by atoms with E-state index in [1.165, 1.54) is 4.90 Å². The summed E-state index contributed by atoms with van der Waals surface area (Å²) in [6.07, 6.45) is 1.79. The monoisotopic (exact) mass is 351 g/mol. The Kier molecular flexibility index (Phi) is 4.52. The molecule has 0 spiro atoms. The van der Waals surface area contributed by atoms with Gasteiger partial charge in [-0.1, -0.05) is 5.10 Å². The van der Waals surface area contributed by atoms with Crippen LogP contribution in [0.4, 0.5) is 0 Å². The maximum Gasteiger partial charge on any atom is 0.336 e. The van der Waals surface area contributed by atoms with Gasteiger partial charge < -0.3 is 14.1 Å². The fraction of sp³-hybridized carbons (Fsp3) is 0.400. The quantitative estimate of drug-likeness (QED) is 0.796. The molecule has 24 heavy (non-hydrogen) atoms. The number of likely N-dealkylation sites (tertiary alicyclic amines) is 1. The predicted molar refractivity (Wildman–Crippen MR) is 84.2 cm³/mol. The minimum absolute atomic E-state index is 0.0739. The van der Waals surface area contributed by atoms with Crippen LogP contribution in [0.15, 0.2) is 33.9 Å². The number of hydrogen-bond acceptors (Lipinski definition) is 7. The zero-order chi connectivity index (χ0) is 17.2. The van der Waals surface area contributed by atoms with Gasteiger partial charge in [-0.3, -0.25) is 4.79 Å². The summed E-state index contributed by atoms with van der Waals surface area (Å²) in [5.41, 5.74) is 0.565. The van der Waals surface area contributed by atoms with E-state index in [1.807, 2.05) is 0 Å². The number of ether oxygens (including phenoxy) is 1. The third kappa shape index (κ3) is 3.40. The van der Waals surface area contributed by atoms with Crippen LogP contribution in [0.2, 0.25) is 0 Å². The third-order valence-corrected chi connectivity index (χ3v) is 5.11. The van der Waals surface area contributed by atoms with E-state index in [-0.39, 0.29) is 5.89 Å². The molecular formula is C15H17N3O5S. The van der Waals surface area contributed by atoms with E-state index >= 15 is 0 Å². The van der Waals surface area contributed by atoms with Gasteiger partial charge in [-0.05, 0) is 37.1 Å². The number of aromatic nitrogens is 2. The lowest BCUT2D eigenvalue weighted by Crippen LogP contribution is -2.33. The van der Waals surface area contributed by atoms with Crippen LogP contribution in [-0.4, -0.2) is 55.4 Å². The first kappa shape index (κ1) is 16.4. The van der Waals surface area contributed by atoms with Crippen LogP contribution < -0.4 is 4.74 Å². The molecule has 0 atom stereocenters. The highest BCUT2D eigenvalue weighted by atomic mass is 32.2. The van der Waals surface area contributed by atoms with Gasteiger partial charge in [-0.2, -0.15) is 0 Å². The Labute approximate surface area is 139 Å². The molecule has 2 heterocycles. The highest BCUT2D eigenvalue weighted by molar-refractivity contribution is 7.91. The summed E-state index contributed by atoms with van der Waals surface area (Å²) in [5, 5.41) is 6.79. The van der Waals surface area contributed by atoms with Crippen molar-refractivity contribution >= 4 is 15.7 Å². The number of rotatable bonds is 5. The first-order valence-corrected chi connectivity index (χ1v) is 9.13. The highest BCUT2D eigenvalue weighted by Crippen LogP contribution is 2.23. The Morgan fingerprint density at radius 1 is 1.21 bits per heavy atom. The average Bonchev–Trinajstić information content (AvgIpc) is 3.26. The van der Waals surface area contributed by atoms with Crippen LogP contribution in [0.5, 0.6) is 5.75 Å². The smallest absolute Gasteiger partial charge is 0.336 e. The molecule has 128 valence electrons. The van der Waals surface area contributed by atoms with E-state index in [2.05, 4.69) is 10.2 Å². The van der Waals surface area contributed by atoms with Crippen molar-refractivity contribution in [2.75, 3.05) is 26.0 Å². The van der Waals surface area contributed by atoms with Crippen molar-refractivity contribution in [2.24, 2.45) is 0 Å². The molecular weight excluding hydrogens is 334 g/mol. The standard InChI is InChI=1S/C15H17N3O5S/c1-22-12-6-4-11(5-7-12)14-16-17-15(23-14)24(20,21)10-13(19)18-8-2-3-9-18/h4-7H,2-3,8-10H2,1H3. The van der Waals surface area contributed by atoms with Crippen molar-refractivity contribution in [3.63, 3.8) is 0 Å². The number of benzene rings is 1. The molecule has 1 aliphatic heterocycles. The molecule has 0 saturated carbocycles. The molecule has 1 aromatic heterocycles. The van der Waals surface area contributed by atoms with E-state index in [0.29, 0.717) is 24.4 Å². The molecule has 0 radical (unpaired) electrons. The van der Waals surface area contributed by atoms with Crippen LogP contribution >= 0.6 is 0 Å². The average molecular weight is 351 g/mol. The lowest BCUT2D eigenvalue weighted by molar-refractivity contribution is -0.127. The zero-order valence-corrected chi connectivity index (χ0v) is 14.0. The Bertz CT molecular complexity index is 823. The molecule has 1 fully saturated rings. The second kappa shape index (κ2) is 6.60. The Balaban J connectivity index is 1.76. The van der Waals surface area contributed by atoms with Crippen molar-refractivity contribution in [2.45, 2.75) is 18.1 Å². The molecule has 0 aliphatic carbocycles. The molecule has 3 rings (SSSR count). The lowest BCUT2D eigenvalue weighted by Gasteiger charge is -2.13. The van der Waals surface area contributed by atoms with Crippen LogP contribution in [-0.2, 0) is 14.6 Å². The van der Waals surface area contributed by atoms with Gasteiger partial charge >= 0.3 is 5.22 Å². The van der Waals surface area contributed by atoms with Crippen LogP contribution in [0.3, 0.4) is 0 Å². The number of nitrogens with zero attached hydrogens (tertiary/aromatic N) is 3. The van der Waals surface area contributed by atoms with Crippen molar-refractivity contribution in [3.8, 4) is 17.2 Å². The SMILES string of the molecule is COc1ccc(-c2nnc(S(=O)(=O)CC(=O)N3CCCC3)o2)cc1. The van der Waals surface area contributed by atoms with Gasteiger partial charge in [-0.15, -0.1) is 5.10 Å². The number of sulfone groups is 1. The molecule has 9 heteroatoms. The molecule has 1 amide bonds. The summed E-state index contributed by atoms with van der Waals surface area (Å²) in [7, 11) is -2.41. The summed E-state index contributed by atoms with van der Waals surface area (Å²) in [6, 6.07) is 6.76. The van der Waals surface area contributed by atoms with Gasteiger partial charge in [0.15, 0.2) is 0 Å². The molecule has 8 nitrogen and oxygen atoms in total. The van der Waals surface area contributed by atoms with Gasteiger partial charge in [0.2, 0.25) is 21.6 Å². The van der Waals surface area contributed by atoms with Gasteiger partial charge in [0, 0.05) is 18.7 Å². The summed E-state index contributed by atoms with van der Waals surface area (Å²) < 4.78 is 34.9. The number of hydrogen-bond donors (Lipinski definition) is 0. The maximum atomic E-state index is 12.3. The van der Waals surface area contributed by atoms with Crippen molar-refractivity contribution in [1.82, 2.24) is 15.1 Å². The topological polar surface area (TPSA) is 103 Å². The molecule has 1 aromatic carbocycles. The number of amides is 1. The Morgan fingerprint density at radius 2 is 1.88 bits per heavy atom. The zero-order valence-electron chi connectivity index (χ0n) is 13.1. The molecule has 0 unspecified atom stereocenters. The summed E-state index contributed by atoms with van der Waals surface area (Å²) in [6.45, 7) is 1.19. The van der Waals surface area contributed by atoms with Gasteiger partial charge in [0.05, 0.1) is 7.11 Å². The van der Waals surface area contributed by atoms with Gasteiger partial charge in [0.25, 0.3) is 0 Å². The molecule has 1 saturated heterocycles. The molecule has 2 aromatic rings. The second-order valence-electron chi connectivity index (χ2n) is 5.45. The second-order valence-corrected chi connectivity index (χ2v) is 7.32. The van der Waals surface area contributed by atoms with Crippen molar-refractivity contribution < 1.29 is 22.4 Å². The first-order chi connectivity index (χ1) is 11.5. The van der Waals surface area contributed by atoms with E-state index in [9.17, 15) is 13.2 Å². The van der Waals surface area contributed by atoms with Crippen LogP contribution in [0, 0.1) is 0 Å². The van der Waals surface area contributed by atoms with E-state index in [0.717, 1.165) is 12.8 Å². The normalized spacial score (nSPS) is 14.8. The number of methoxy groups -OCH3 is 1. The lowest BCUT2D eigenvalue weighted by atomic mass is 10.2. The Hall–Kier alpha value is -2.42. The largest absolute Gasteiger partial charge is 0.497 e. The number of carbonyl (C=O) groups is 1. The Morgan fingerprint density at radius 3 is 2.50 bits per heavy atom. The summed E-state index contributed by atoms with van der Waals surface area (Å²) >= 11 is 0. The van der Waals surface area contributed by atoms with Gasteiger partial charge in [0.1, 0.15) is 11.5 Å². The number of carbonyl (C=O) groups excluding carboxylic acids is 1. The van der Waals surface area contributed by atoms with Crippen molar-refractivity contribution in [1.29, 1.82) is 0 Å². The molecule has 0 N–H and O–H groups in total. The molecule has 1 aliphatic rings. The van der Waals surface area contributed by atoms with E-state index in [4.69, 9.17) is 9.15 Å².